The zero-order valence-electron chi connectivity index (χ0n) is 12.4. The van der Waals surface area contributed by atoms with Gasteiger partial charge in [-0.1, -0.05) is 65.7 Å². The molecule has 3 rings (SSSR count). The van der Waals surface area contributed by atoms with Crippen molar-refractivity contribution in [3.05, 3.63) is 81.2 Å². The van der Waals surface area contributed by atoms with Crippen LogP contribution >= 0.6 is 35.0 Å². The highest BCUT2D eigenvalue weighted by Gasteiger charge is 2.33. The number of nitrogens with zero attached hydrogens (tertiary/aromatic N) is 1. The van der Waals surface area contributed by atoms with Crippen LogP contribution in [0.25, 0.3) is 6.08 Å². The van der Waals surface area contributed by atoms with Crippen molar-refractivity contribution in [3.63, 3.8) is 0 Å². The van der Waals surface area contributed by atoms with Gasteiger partial charge in [-0.3, -0.25) is 15.1 Å². The minimum Gasteiger partial charge on any atom is -0.278 e. The fourth-order valence-electron chi connectivity index (χ4n) is 2.17. The van der Waals surface area contributed by atoms with E-state index in [2.05, 4.69) is 0 Å². The second-order valence-corrected chi connectivity index (χ2v) is 6.79. The van der Waals surface area contributed by atoms with E-state index in [9.17, 15) is 4.79 Å². The molecule has 0 aromatic heterocycles. The molecule has 6 heteroatoms. The quantitative estimate of drug-likeness (QED) is 0.709. The third-order valence-corrected chi connectivity index (χ3v) is 4.97. The van der Waals surface area contributed by atoms with Crippen LogP contribution in [0.3, 0.4) is 0 Å². The summed E-state index contributed by atoms with van der Waals surface area (Å²) in [5.74, 6) is -0.249. The van der Waals surface area contributed by atoms with Crippen LogP contribution in [0.5, 0.6) is 0 Å². The van der Waals surface area contributed by atoms with Crippen molar-refractivity contribution in [2.45, 2.75) is 0 Å². The van der Waals surface area contributed by atoms with Crippen LogP contribution in [-0.2, 0) is 4.79 Å². The molecule has 1 N–H and O–H groups in total. The molecule has 0 unspecified atom stereocenters. The number of thioether (sulfide) groups is 1. The van der Waals surface area contributed by atoms with Gasteiger partial charge in [0.2, 0.25) is 0 Å². The predicted molar refractivity (Wildman–Crippen MR) is 103 cm³/mol. The van der Waals surface area contributed by atoms with Crippen LogP contribution in [0.2, 0.25) is 10.0 Å². The average molecular weight is 375 g/mol. The lowest BCUT2D eigenvalue weighted by molar-refractivity contribution is -0.113. The maximum absolute atomic E-state index is 12.5. The van der Waals surface area contributed by atoms with E-state index >= 15 is 0 Å². The van der Waals surface area contributed by atoms with Crippen LogP contribution in [0.4, 0.5) is 5.69 Å². The molecule has 3 nitrogen and oxygen atoms in total. The second kappa shape index (κ2) is 7.26. The van der Waals surface area contributed by atoms with E-state index in [0.29, 0.717) is 20.6 Å². The summed E-state index contributed by atoms with van der Waals surface area (Å²) in [6.07, 6.45) is 5.43. The molecule has 24 heavy (non-hydrogen) atoms. The van der Waals surface area contributed by atoms with Crippen LogP contribution in [0.15, 0.2) is 65.6 Å². The van der Waals surface area contributed by atoms with E-state index in [1.807, 2.05) is 36.4 Å². The predicted octanol–water partition coefficient (Wildman–Crippen LogP) is 5.61. The van der Waals surface area contributed by atoms with Gasteiger partial charge in [-0.2, -0.15) is 0 Å². The molecule has 0 saturated carbocycles. The van der Waals surface area contributed by atoms with Crippen LogP contribution in [0.1, 0.15) is 5.56 Å². The standard InChI is InChI=1S/C18H12Cl2N2OS/c19-14-10-9-13(11-15(14)20)22-17(23)16(24-18(22)21)8-4-7-12-5-2-1-3-6-12/h1-11,21H/b7-4+,16-8-,21-18?. The minimum atomic E-state index is -0.249. The zero-order chi connectivity index (χ0) is 17.1. The van der Waals surface area contributed by atoms with Gasteiger partial charge in [-0.25, -0.2) is 0 Å². The first kappa shape index (κ1) is 16.8. The molecule has 0 radical (unpaired) electrons. The van der Waals surface area contributed by atoms with Gasteiger partial charge in [0.25, 0.3) is 5.91 Å². The second-order valence-electron chi connectivity index (χ2n) is 4.95. The number of amides is 1. The molecule has 0 atom stereocenters. The summed E-state index contributed by atoms with van der Waals surface area (Å²) in [6.45, 7) is 0. The first-order valence-corrected chi connectivity index (χ1v) is 8.63. The third-order valence-electron chi connectivity index (χ3n) is 3.32. The fraction of sp³-hybridized carbons (Fsp3) is 0. The highest BCUT2D eigenvalue weighted by molar-refractivity contribution is 8.19. The fourth-order valence-corrected chi connectivity index (χ4v) is 3.28. The van der Waals surface area contributed by atoms with Crippen LogP contribution < -0.4 is 4.90 Å². The van der Waals surface area contributed by atoms with Crippen molar-refractivity contribution in [2.24, 2.45) is 0 Å². The molecule has 0 spiro atoms. The summed E-state index contributed by atoms with van der Waals surface area (Å²) in [6, 6.07) is 14.7. The van der Waals surface area contributed by atoms with Crippen molar-refractivity contribution < 1.29 is 4.79 Å². The molecule has 2 aromatic carbocycles. The lowest BCUT2D eigenvalue weighted by atomic mass is 10.2. The topological polar surface area (TPSA) is 44.2 Å². The number of benzene rings is 2. The Morgan fingerprint density at radius 2 is 1.79 bits per heavy atom. The van der Waals surface area contributed by atoms with Crippen LogP contribution in [0, 0.1) is 5.41 Å². The molecule has 120 valence electrons. The van der Waals surface area contributed by atoms with Crippen molar-refractivity contribution >= 4 is 57.8 Å². The van der Waals surface area contributed by atoms with Gasteiger partial charge in [0.1, 0.15) is 0 Å². The van der Waals surface area contributed by atoms with Gasteiger partial charge in [-0.05, 0) is 41.6 Å². The number of allylic oxidation sites excluding steroid dienone is 2. The first-order valence-electron chi connectivity index (χ1n) is 7.05. The molecule has 1 heterocycles. The Balaban J connectivity index is 1.82. The Hall–Kier alpha value is -2.01. The lowest BCUT2D eigenvalue weighted by Crippen LogP contribution is -2.28. The highest BCUT2D eigenvalue weighted by atomic mass is 35.5. The Morgan fingerprint density at radius 1 is 1.04 bits per heavy atom. The molecular formula is C18H12Cl2N2OS. The number of anilines is 1. The Kier molecular flexibility index (Phi) is 5.09. The maximum atomic E-state index is 12.5. The van der Waals surface area contributed by atoms with E-state index in [1.54, 1.807) is 30.4 Å². The summed E-state index contributed by atoms with van der Waals surface area (Å²) in [4.78, 5) is 14.3. The lowest BCUT2D eigenvalue weighted by Gasteiger charge is -2.14. The summed E-state index contributed by atoms with van der Waals surface area (Å²) in [5, 5.41) is 8.95. The van der Waals surface area contributed by atoms with Crippen molar-refractivity contribution in [2.75, 3.05) is 4.90 Å². The first-order chi connectivity index (χ1) is 11.6. The van der Waals surface area contributed by atoms with Crippen LogP contribution in [-0.4, -0.2) is 11.1 Å². The highest BCUT2D eigenvalue weighted by Crippen LogP contribution is 2.36. The van der Waals surface area contributed by atoms with E-state index in [0.717, 1.165) is 17.3 Å². The minimum absolute atomic E-state index is 0.137. The van der Waals surface area contributed by atoms with Crippen molar-refractivity contribution in [1.82, 2.24) is 0 Å². The summed E-state index contributed by atoms with van der Waals surface area (Å²) in [5.41, 5.74) is 1.57. The number of carbonyl (C=O) groups is 1. The van der Waals surface area contributed by atoms with Crippen molar-refractivity contribution in [3.8, 4) is 0 Å². The molecular weight excluding hydrogens is 363 g/mol. The number of carbonyl (C=O) groups excluding carboxylic acids is 1. The van der Waals surface area contributed by atoms with Crippen molar-refractivity contribution in [1.29, 1.82) is 5.41 Å². The molecule has 0 aliphatic carbocycles. The van der Waals surface area contributed by atoms with Gasteiger partial charge in [0.05, 0.1) is 20.6 Å². The maximum Gasteiger partial charge on any atom is 0.271 e. The van der Waals surface area contributed by atoms with Gasteiger partial charge in [-0.15, -0.1) is 0 Å². The molecule has 1 saturated heterocycles. The van der Waals surface area contributed by atoms with E-state index < -0.39 is 0 Å². The zero-order valence-corrected chi connectivity index (χ0v) is 14.7. The van der Waals surface area contributed by atoms with Gasteiger partial charge < -0.3 is 0 Å². The molecule has 1 fully saturated rings. The van der Waals surface area contributed by atoms with Gasteiger partial charge >= 0.3 is 0 Å². The molecule has 1 amide bonds. The largest absolute Gasteiger partial charge is 0.278 e. The molecule has 1 aliphatic heterocycles. The number of nitrogens with one attached hydrogen (secondary N) is 1. The monoisotopic (exact) mass is 374 g/mol. The number of amidine groups is 1. The average Bonchev–Trinajstić information content (AvgIpc) is 2.85. The van der Waals surface area contributed by atoms with Gasteiger partial charge in [0.15, 0.2) is 5.17 Å². The summed E-state index contributed by atoms with van der Waals surface area (Å²) in [7, 11) is 0. The number of rotatable bonds is 3. The SMILES string of the molecule is N=C1S/C(=C\C=C\c2ccccc2)C(=O)N1c1ccc(Cl)c(Cl)c1. The number of hydrogen-bond acceptors (Lipinski definition) is 3. The Bertz CT molecular complexity index is 863. The molecule has 1 aliphatic rings. The third kappa shape index (κ3) is 3.56. The van der Waals surface area contributed by atoms with E-state index in [-0.39, 0.29) is 11.1 Å². The van der Waals surface area contributed by atoms with Gasteiger partial charge in [0, 0.05) is 0 Å². The van der Waals surface area contributed by atoms with E-state index in [4.69, 9.17) is 28.6 Å². The smallest absolute Gasteiger partial charge is 0.271 e. The number of halogens is 2. The molecule has 0 bridgehead atoms. The molecule has 2 aromatic rings. The van der Waals surface area contributed by atoms with E-state index in [1.165, 1.54) is 4.90 Å². The number of hydrogen-bond donors (Lipinski definition) is 1. The normalized spacial score (nSPS) is 16.6. The Labute approximate surface area is 154 Å². The Morgan fingerprint density at radius 3 is 2.50 bits per heavy atom. The summed E-state index contributed by atoms with van der Waals surface area (Å²) >= 11 is 13.0. The summed E-state index contributed by atoms with van der Waals surface area (Å²) < 4.78 is 0.